The predicted octanol–water partition coefficient (Wildman–Crippen LogP) is 3.24. The third kappa shape index (κ3) is 5.59. The molecule has 0 atom stereocenters. The lowest BCUT2D eigenvalue weighted by atomic mass is 9.91. The molecule has 0 unspecified atom stereocenters. The highest BCUT2D eigenvalue weighted by Crippen LogP contribution is 2.29. The fourth-order valence-electron chi connectivity index (χ4n) is 1.24. The second kappa shape index (κ2) is 4.27. The first-order valence-electron chi connectivity index (χ1n) is 5.16. The Kier molecular flexibility index (Phi) is 3.57. The van der Waals surface area contributed by atoms with Gasteiger partial charge in [0.15, 0.2) is 0 Å². The largest absolute Gasteiger partial charge is 0.381 e. The van der Waals surface area contributed by atoms with Crippen LogP contribution >= 0.6 is 0 Å². The van der Waals surface area contributed by atoms with Gasteiger partial charge in [0.1, 0.15) is 0 Å². The van der Waals surface area contributed by atoms with Gasteiger partial charge in [0.2, 0.25) is 0 Å². The summed E-state index contributed by atoms with van der Waals surface area (Å²) < 4.78 is 5.55. The van der Waals surface area contributed by atoms with Crippen LogP contribution in [0.1, 0.15) is 46.5 Å². The van der Waals surface area contributed by atoms with Crippen molar-refractivity contribution in [1.82, 2.24) is 0 Å². The standard InChI is InChI=1S/C11H22O/c1-11(2,3)7-4-8-12-9-10-5-6-10/h10H,4-9H2,1-3H3. The highest BCUT2D eigenvalue weighted by atomic mass is 16.5. The third-order valence-electron chi connectivity index (χ3n) is 2.27. The summed E-state index contributed by atoms with van der Waals surface area (Å²) >= 11 is 0. The molecule has 0 aromatic heterocycles. The second-order valence-corrected chi connectivity index (χ2v) is 5.18. The lowest BCUT2D eigenvalue weighted by Crippen LogP contribution is -2.07. The van der Waals surface area contributed by atoms with Gasteiger partial charge in [0, 0.05) is 13.2 Å². The molecule has 0 heterocycles. The zero-order valence-corrected chi connectivity index (χ0v) is 8.73. The van der Waals surface area contributed by atoms with E-state index in [0.717, 1.165) is 19.1 Å². The van der Waals surface area contributed by atoms with Crippen molar-refractivity contribution in [1.29, 1.82) is 0 Å². The van der Waals surface area contributed by atoms with Crippen LogP contribution < -0.4 is 0 Å². The molecule has 0 aromatic carbocycles. The molecular weight excluding hydrogens is 148 g/mol. The summed E-state index contributed by atoms with van der Waals surface area (Å²) in [5.74, 6) is 0.916. The maximum atomic E-state index is 5.55. The Bertz CT molecular complexity index is 119. The normalized spacial score (nSPS) is 18.2. The summed E-state index contributed by atoms with van der Waals surface area (Å²) in [4.78, 5) is 0. The Balaban J connectivity index is 1.82. The molecule has 1 saturated carbocycles. The zero-order valence-electron chi connectivity index (χ0n) is 8.73. The van der Waals surface area contributed by atoms with Crippen molar-refractivity contribution in [3.8, 4) is 0 Å². The Labute approximate surface area is 76.5 Å². The van der Waals surface area contributed by atoms with Crippen LogP contribution in [0.5, 0.6) is 0 Å². The first kappa shape index (κ1) is 10.0. The minimum absolute atomic E-state index is 0.475. The van der Waals surface area contributed by atoms with Crippen LogP contribution in [0.4, 0.5) is 0 Å². The number of hydrogen-bond acceptors (Lipinski definition) is 1. The molecule has 0 N–H and O–H groups in total. The monoisotopic (exact) mass is 170 g/mol. The van der Waals surface area contributed by atoms with Gasteiger partial charge in [0.25, 0.3) is 0 Å². The van der Waals surface area contributed by atoms with Crippen molar-refractivity contribution < 1.29 is 4.74 Å². The summed E-state index contributed by atoms with van der Waals surface area (Å²) in [6.45, 7) is 8.84. The molecule has 0 amide bonds. The topological polar surface area (TPSA) is 9.23 Å². The van der Waals surface area contributed by atoms with E-state index in [1.165, 1.54) is 25.7 Å². The third-order valence-corrected chi connectivity index (χ3v) is 2.27. The molecule has 1 rings (SSSR count). The molecule has 1 fully saturated rings. The Morgan fingerprint density at radius 3 is 2.42 bits per heavy atom. The summed E-state index contributed by atoms with van der Waals surface area (Å²) in [5, 5.41) is 0. The SMILES string of the molecule is CC(C)(C)CCCOCC1CC1. The molecule has 12 heavy (non-hydrogen) atoms. The second-order valence-electron chi connectivity index (χ2n) is 5.18. The van der Waals surface area contributed by atoms with Crippen molar-refractivity contribution in [2.24, 2.45) is 11.3 Å². The maximum Gasteiger partial charge on any atom is 0.0494 e. The van der Waals surface area contributed by atoms with Crippen LogP contribution in [0.2, 0.25) is 0 Å². The van der Waals surface area contributed by atoms with E-state index in [9.17, 15) is 0 Å². The fraction of sp³-hybridized carbons (Fsp3) is 1.00. The summed E-state index contributed by atoms with van der Waals surface area (Å²) in [5.41, 5.74) is 0.475. The zero-order chi connectivity index (χ0) is 9.03. The molecule has 1 aliphatic carbocycles. The van der Waals surface area contributed by atoms with E-state index in [1.807, 2.05) is 0 Å². The Morgan fingerprint density at radius 2 is 1.92 bits per heavy atom. The molecule has 0 spiro atoms. The van der Waals surface area contributed by atoms with Crippen molar-refractivity contribution in [3.05, 3.63) is 0 Å². The number of rotatable bonds is 5. The molecule has 0 saturated heterocycles. The molecule has 0 bridgehead atoms. The van der Waals surface area contributed by atoms with Gasteiger partial charge in [-0.05, 0) is 37.0 Å². The molecule has 1 heteroatoms. The number of hydrogen-bond donors (Lipinski definition) is 0. The van der Waals surface area contributed by atoms with Gasteiger partial charge in [0.05, 0.1) is 0 Å². The Morgan fingerprint density at radius 1 is 1.25 bits per heavy atom. The van der Waals surface area contributed by atoms with E-state index in [4.69, 9.17) is 4.74 Å². The van der Waals surface area contributed by atoms with Gasteiger partial charge in [-0.1, -0.05) is 20.8 Å². The summed E-state index contributed by atoms with van der Waals surface area (Å²) in [6, 6.07) is 0. The minimum atomic E-state index is 0.475. The van der Waals surface area contributed by atoms with Crippen LogP contribution in [0.3, 0.4) is 0 Å². The van der Waals surface area contributed by atoms with Crippen LogP contribution in [-0.2, 0) is 4.74 Å². The van der Waals surface area contributed by atoms with Gasteiger partial charge in [-0.2, -0.15) is 0 Å². The van der Waals surface area contributed by atoms with Crippen molar-refractivity contribution in [2.75, 3.05) is 13.2 Å². The highest BCUT2D eigenvalue weighted by molar-refractivity contribution is 4.72. The molecular formula is C11H22O. The molecule has 1 aliphatic rings. The molecule has 0 aromatic rings. The quantitative estimate of drug-likeness (QED) is 0.575. The van der Waals surface area contributed by atoms with E-state index in [0.29, 0.717) is 5.41 Å². The van der Waals surface area contributed by atoms with Gasteiger partial charge in [-0.25, -0.2) is 0 Å². The average Bonchev–Trinajstić information content (AvgIpc) is 2.68. The van der Waals surface area contributed by atoms with Gasteiger partial charge < -0.3 is 4.74 Å². The van der Waals surface area contributed by atoms with Gasteiger partial charge >= 0.3 is 0 Å². The fourth-order valence-corrected chi connectivity index (χ4v) is 1.24. The minimum Gasteiger partial charge on any atom is -0.381 e. The van der Waals surface area contributed by atoms with E-state index in [1.54, 1.807) is 0 Å². The summed E-state index contributed by atoms with van der Waals surface area (Å²) in [7, 11) is 0. The lowest BCUT2D eigenvalue weighted by molar-refractivity contribution is 0.113. The van der Waals surface area contributed by atoms with Crippen LogP contribution in [0.25, 0.3) is 0 Å². The van der Waals surface area contributed by atoms with Gasteiger partial charge in [-0.3, -0.25) is 0 Å². The molecule has 1 nitrogen and oxygen atoms in total. The van der Waals surface area contributed by atoms with Crippen LogP contribution in [-0.4, -0.2) is 13.2 Å². The smallest absolute Gasteiger partial charge is 0.0494 e. The Hall–Kier alpha value is -0.0400. The van der Waals surface area contributed by atoms with Crippen LogP contribution in [0, 0.1) is 11.3 Å². The first-order valence-corrected chi connectivity index (χ1v) is 5.16. The van der Waals surface area contributed by atoms with E-state index in [-0.39, 0.29) is 0 Å². The van der Waals surface area contributed by atoms with Crippen LogP contribution in [0.15, 0.2) is 0 Å². The molecule has 0 aliphatic heterocycles. The van der Waals surface area contributed by atoms with Crippen molar-refractivity contribution in [3.63, 3.8) is 0 Å². The maximum absolute atomic E-state index is 5.55. The molecule has 72 valence electrons. The van der Waals surface area contributed by atoms with Crippen molar-refractivity contribution >= 4 is 0 Å². The van der Waals surface area contributed by atoms with E-state index < -0.39 is 0 Å². The average molecular weight is 170 g/mol. The first-order chi connectivity index (χ1) is 5.58. The molecule has 0 radical (unpaired) electrons. The van der Waals surface area contributed by atoms with Crippen molar-refractivity contribution in [2.45, 2.75) is 46.5 Å². The summed E-state index contributed by atoms with van der Waals surface area (Å²) in [6.07, 6.45) is 5.30. The lowest BCUT2D eigenvalue weighted by Gasteiger charge is -2.17. The van der Waals surface area contributed by atoms with E-state index in [2.05, 4.69) is 20.8 Å². The number of ether oxygens (including phenoxy) is 1. The van der Waals surface area contributed by atoms with Gasteiger partial charge in [-0.15, -0.1) is 0 Å². The highest BCUT2D eigenvalue weighted by Gasteiger charge is 2.20. The van der Waals surface area contributed by atoms with E-state index >= 15 is 0 Å². The predicted molar refractivity (Wildman–Crippen MR) is 52.2 cm³/mol.